The molecule has 28 heavy (non-hydrogen) atoms. The molecule has 1 amide bonds. The number of fused-ring (bicyclic) bond motifs is 1. The number of ether oxygens (including phenoxy) is 1. The number of aryl methyl sites for hydroxylation is 1. The third-order valence-electron chi connectivity index (χ3n) is 4.04. The fourth-order valence-electron chi connectivity index (χ4n) is 2.80. The maximum Gasteiger partial charge on any atom is 0.234 e. The van der Waals surface area contributed by atoms with Gasteiger partial charge in [0.05, 0.1) is 30.6 Å². The molecule has 3 rings (SSSR count). The average molecular weight is 397 g/mol. The van der Waals surface area contributed by atoms with Gasteiger partial charge >= 0.3 is 0 Å². The molecule has 1 aromatic heterocycles. The first-order valence-corrected chi connectivity index (χ1v) is 9.92. The number of aromatic nitrogens is 2. The SMILES string of the molecule is COc1ccc(C)cc1NC(=O)CSc1nc(CN(C)C)nc2ccccc12. The van der Waals surface area contributed by atoms with Crippen LogP contribution >= 0.6 is 11.8 Å². The summed E-state index contributed by atoms with van der Waals surface area (Å²) in [5, 5.41) is 4.70. The zero-order valence-corrected chi connectivity index (χ0v) is 17.3. The highest BCUT2D eigenvalue weighted by atomic mass is 32.2. The number of nitrogens with zero attached hydrogens (tertiary/aromatic N) is 3. The quantitative estimate of drug-likeness (QED) is 0.485. The number of nitrogens with one attached hydrogen (secondary N) is 1. The number of para-hydroxylation sites is 1. The van der Waals surface area contributed by atoms with E-state index in [4.69, 9.17) is 4.74 Å². The van der Waals surface area contributed by atoms with Crippen molar-refractivity contribution in [1.82, 2.24) is 14.9 Å². The number of thioether (sulfide) groups is 1. The maximum atomic E-state index is 12.5. The molecule has 1 heterocycles. The van der Waals surface area contributed by atoms with E-state index >= 15 is 0 Å². The first-order chi connectivity index (χ1) is 13.5. The van der Waals surface area contributed by atoms with E-state index in [0.717, 1.165) is 27.3 Å². The molecule has 0 radical (unpaired) electrons. The van der Waals surface area contributed by atoms with Gasteiger partial charge in [0.1, 0.15) is 16.6 Å². The van der Waals surface area contributed by atoms with E-state index in [1.165, 1.54) is 11.8 Å². The molecule has 0 aliphatic rings. The van der Waals surface area contributed by atoms with E-state index in [9.17, 15) is 4.79 Å². The largest absolute Gasteiger partial charge is 0.495 e. The number of rotatable bonds is 7. The number of methoxy groups -OCH3 is 1. The van der Waals surface area contributed by atoms with E-state index in [0.29, 0.717) is 18.0 Å². The minimum Gasteiger partial charge on any atom is -0.495 e. The Kier molecular flexibility index (Phi) is 6.49. The third kappa shape index (κ3) is 4.99. The molecular formula is C21H24N4O2S. The normalized spacial score (nSPS) is 11.0. The van der Waals surface area contributed by atoms with Gasteiger partial charge in [-0.15, -0.1) is 0 Å². The average Bonchev–Trinajstić information content (AvgIpc) is 2.66. The molecule has 0 aliphatic carbocycles. The van der Waals surface area contributed by atoms with Crippen LogP contribution in [0.2, 0.25) is 0 Å². The summed E-state index contributed by atoms with van der Waals surface area (Å²) in [6.07, 6.45) is 0. The number of carbonyl (C=O) groups is 1. The van der Waals surface area contributed by atoms with Crippen LogP contribution in [0.3, 0.4) is 0 Å². The molecule has 0 saturated carbocycles. The Morgan fingerprint density at radius 1 is 1.18 bits per heavy atom. The predicted octanol–water partition coefficient (Wildman–Crippen LogP) is 3.74. The Morgan fingerprint density at radius 3 is 2.71 bits per heavy atom. The summed E-state index contributed by atoms with van der Waals surface area (Å²) < 4.78 is 5.33. The van der Waals surface area contributed by atoms with Crippen LogP contribution in [0.15, 0.2) is 47.5 Å². The zero-order chi connectivity index (χ0) is 20.1. The number of hydrogen-bond acceptors (Lipinski definition) is 6. The van der Waals surface area contributed by atoms with Crippen LogP contribution in [0.4, 0.5) is 5.69 Å². The Bertz CT molecular complexity index is 991. The minimum atomic E-state index is -0.106. The Morgan fingerprint density at radius 2 is 1.96 bits per heavy atom. The lowest BCUT2D eigenvalue weighted by Crippen LogP contribution is -2.16. The van der Waals surface area contributed by atoms with E-state index in [1.54, 1.807) is 7.11 Å². The molecule has 0 bridgehead atoms. The second-order valence-electron chi connectivity index (χ2n) is 6.74. The molecule has 0 fully saturated rings. The van der Waals surface area contributed by atoms with Crippen LogP contribution in [0.1, 0.15) is 11.4 Å². The first kappa shape index (κ1) is 20.1. The van der Waals surface area contributed by atoms with Crippen molar-refractivity contribution in [3.63, 3.8) is 0 Å². The summed E-state index contributed by atoms with van der Waals surface area (Å²) >= 11 is 1.41. The highest BCUT2D eigenvalue weighted by Gasteiger charge is 2.13. The van der Waals surface area contributed by atoms with Gasteiger partial charge in [-0.05, 0) is 44.8 Å². The summed E-state index contributed by atoms with van der Waals surface area (Å²) in [5.74, 6) is 1.53. The number of benzene rings is 2. The minimum absolute atomic E-state index is 0.106. The highest BCUT2D eigenvalue weighted by Crippen LogP contribution is 2.28. The van der Waals surface area contributed by atoms with Gasteiger partial charge < -0.3 is 15.0 Å². The summed E-state index contributed by atoms with van der Waals surface area (Å²) in [6.45, 7) is 2.62. The van der Waals surface area contributed by atoms with Crippen LogP contribution < -0.4 is 10.1 Å². The monoisotopic (exact) mass is 396 g/mol. The van der Waals surface area contributed by atoms with E-state index in [2.05, 4.69) is 15.3 Å². The molecule has 6 nitrogen and oxygen atoms in total. The number of amides is 1. The second kappa shape index (κ2) is 9.03. The number of anilines is 1. The molecule has 0 saturated heterocycles. The molecule has 146 valence electrons. The van der Waals surface area contributed by atoms with Crippen LogP contribution in [-0.4, -0.2) is 47.7 Å². The van der Waals surface area contributed by atoms with E-state index < -0.39 is 0 Å². The molecule has 0 unspecified atom stereocenters. The van der Waals surface area contributed by atoms with Crippen molar-refractivity contribution in [3.05, 3.63) is 53.9 Å². The summed E-state index contributed by atoms with van der Waals surface area (Å²) in [7, 11) is 5.55. The molecule has 0 spiro atoms. The Hall–Kier alpha value is -2.64. The lowest BCUT2D eigenvalue weighted by atomic mass is 10.2. The molecule has 0 aliphatic heterocycles. The van der Waals surface area contributed by atoms with Crippen molar-refractivity contribution in [1.29, 1.82) is 0 Å². The molecule has 2 aromatic carbocycles. The van der Waals surface area contributed by atoms with Crippen molar-refractivity contribution >= 4 is 34.3 Å². The van der Waals surface area contributed by atoms with Crippen LogP contribution in [0.5, 0.6) is 5.75 Å². The van der Waals surface area contributed by atoms with Crippen molar-refractivity contribution in [2.24, 2.45) is 0 Å². The number of carbonyl (C=O) groups excluding carboxylic acids is 1. The summed E-state index contributed by atoms with van der Waals surface area (Å²) in [6, 6.07) is 13.6. The molecule has 1 N–H and O–H groups in total. The standard InChI is InChI=1S/C21H24N4O2S/c1-14-9-10-18(27-4)17(11-14)23-20(26)13-28-21-15-7-5-6-8-16(15)22-19(24-21)12-25(2)3/h5-11H,12-13H2,1-4H3,(H,23,26). The Balaban J connectivity index is 1.77. The lowest BCUT2D eigenvalue weighted by Gasteiger charge is -2.13. The van der Waals surface area contributed by atoms with Gasteiger partial charge in [0, 0.05) is 5.39 Å². The molecule has 3 aromatic rings. The fraction of sp³-hybridized carbons (Fsp3) is 0.286. The van der Waals surface area contributed by atoms with Crippen molar-refractivity contribution in [2.45, 2.75) is 18.5 Å². The predicted molar refractivity (Wildman–Crippen MR) is 114 cm³/mol. The molecule has 7 heteroatoms. The maximum absolute atomic E-state index is 12.5. The topological polar surface area (TPSA) is 67.3 Å². The van der Waals surface area contributed by atoms with Gasteiger partial charge in [0.25, 0.3) is 0 Å². The van der Waals surface area contributed by atoms with Crippen molar-refractivity contribution < 1.29 is 9.53 Å². The molecule has 0 atom stereocenters. The Labute approximate surface area is 169 Å². The van der Waals surface area contributed by atoms with Gasteiger partial charge in [-0.3, -0.25) is 4.79 Å². The summed E-state index contributed by atoms with van der Waals surface area (Å²) in [4.78, 5) is 23.8. The highest BCUT2D eigenvalue weighted by molar-refractivity contribution is 8.00. The molecular weight excluding hydrogens is 372 g/mol. The fourth-order valence-corrected chi connectivity index (χ4v) is 3.63. The van der Waals surface area contributed by atoms with Gasteiger partial charge in [0.2, 0.25) is 5.91 Å². The van der Waals surface area contributed by atoms with Crippen LogP contribution in [0, 0.1) is 6.92 Å². The zero-order valence-electron chi connectivity index (χ0n) is 16.5. The smallest absolute Gasteiger partial charge is 0.234 e. The van der Waals surface area contributed by atoms with Crippen molar-refractivity contribution in [3.8, 4) is 5.75 Å². The van der Waals surface area contributed by atoms with Gasteiger partial charge in [-0.1, -0.05) is 36.0 Å². The van der Waals surface area contributed by atoms with Crippen molar-refractivity contribution in [2.75, 3.05) is 32.3 Å². The van der Waals surface area contributed by atoms with Gasteiger partial charge in [-0.2, -0.15) is 0 Å². The third-order valence-corrected chi connectivity index (χ3v) is 5.03. The van der Waals surface area contributed by atoms with Crippen LogP contribution in [0.25, 0.3) is 10.9 Å². The van der Waals surface area contributed by atoms with Gasteiger partial charge in [0.15, 0.2) is 0 Å². The lowest BCUT2D eigenvalue weighted by molar-refractivity contribution is -0.113. The first-order valence-electron chi connectivity index (χ1n) is 8.94. The second-order valence-corrected chi connectivity index (χ2v) is 7.70. The van der Waals surface area contributed by atoms with Gasteiger partial charge in [-0.25, -0.2) is 9.97 Å². The summed E-state index contributed by atoms with van der Waals surface area (Å²) in [5.41, 5.74) is 2.62. The van der Waals surface area contributed by atoms with E-state index in [1.807, 2.05) is 68.4 Å². The van der Waals surface area contributed by atoms with E-state index in [-0.39, 0.29) is 11.7 Å². The van der Waals surface area contributed by atoms with Crippen LogP contribution in [-0.2, 0) is 11.3 Å². The number of hydrogen-bond donors (Lipinski definition) is 1.